The standard InChI is InChI=1S/C11H16O2.K/c1-11(2,3)8-6-5-7-9(13-4)10(8)12;/h5-7,12H,1-4H3;/q;+1/p-1. The van der Waals surface area contributed by atoms with Crippen LogP contribution >= 0.6 is 0 Å². The largest absolute Gasteiger partial charge is 1.00 e. The molecule has 14 heavy (non-hydrogen) atoms. The minimum absolute atomic E-state index is 0. The first-order valence-corrected chi connectivity index (χ1v) is 4.31. The van der Waals surface area contributed by atoms with E-state index >= 15 is 0 Å². The van der Waals surface area contributed by atoms with Crippen LogP contribution < -0.4 is 61.2 Å². The molecule has 0 heterocycles. The molecule has 2 nitrogen and oxygen atoms in total. The Bertz CT molecular complexity index is 303. The van der Waals surface area contributed by atoms with Crippen LogP contribution in [-0.2, 0) is 5.41 Å². The second-order valence-corrected chi connectivity index (χ2v) is 4.09. The zero-order valence-electron chi connectivity index (χ0n) is 9.55. The Morgan fingerprint density at radius 1 is 1.21 bits per heavy atom. The van der Waals surface area contributed by atoms with Crippen LogP contribution in [0.1, 0.15) is 26.3 Å². The van der Waals surface area contributed by atoms with Gasteiger partial charge < -0.3 is 9.84 Å². The van der Waals surface area contributed by atoms with E-state index in [0.717, 1.165) is 5.56 Å². The van der Waals surface area contributed by atoms with Crippen LogP contribution in [0.15, 0.2) is 18.2 Å². The van der Waals surface area contributed by atoms with E-state index < -0.39 is 0 Å². The van der Waals surface area contributed by atoms with Crippen molar-refractivity contribution >= 4 is 0 Å². The number of hydrogen-bond acceptors (Lipinski definition) is 2. The van der Waals surface area contributed by atoms with E-state index in [1.165, 1.54) is 7.11 Å². The Labute approximate surface area is 128 Å². The van der Waals surface area contributed by atoms with Crippen LogP contribution in [-0.4, -0.2) is 7.11 Å². The van der Waals surface area contributed by atoms with E-state index in [9.17, 15) is 5.11 Å². The fraction of sp³-hybridized carbons (Fsp3) is 0.455. The number of methoxy groups -OCH3 is 1. The van der Waals surface area contributed by atoms with Gasteiger partial charge in [-0.15, -0.1) is 0 Å². The average Bonchev–Trinajstić information content (AvgIpc) is 2.02. The topological polar surface area (TPSA) is 32.3 Å². The third-order valence-corrected chi connectivity index (χ3v) is 2.01. The molecule has 72 valence electrons. The molecule has 1 aromatic rings. The van der Waals surface area contributed by atoms with Gasteiger partial charge in [0.1, 0.15) is 5.75 Å². The molecule has 3 heteroatoms. The van der Waals surface area contributed by atoms with Gasteiger partial charge >= 0.3 is 51.4 Å². The fourth-order valence-corrected chi connectivity index (χ4v) is 1.27. The molecule has 0 aliphatic carbocycles. The van der Waals surface area contributed by atoms with Crippen molar-refractivity contribution in [2.75, 3.05) is 7.11 Å². The Morgan fingerprint density at radius 2 is 1.79 bits per heavy atom. The molecule has 0 N–H and O–H groups in total. The Morgan fingerprint density at radius 3 is 2.21 bits per heavy atom. The Balaban J connectivity index is 0.00000169. The number of para-hydroxylation sites is 1. The van der Waals surface area contributed by atoms with Crippen molar-refractivity contribution in [3.8, 4) is 11.5 Å². The summed E-state index contributed by atoms with van der Waals surface area (Å²) in [4.78, 5) is 0. The molecule has 0 fully saturated rings. The SMILES string of the molecule is COc1cccc(C(C)(C)C)c1[O-].[K+]. The van der Waals surface area contributed by atoms with E-state index in [2.05, 4.69) is 0 Å². The van der Waals surface area contributed by atoms with Crippen LogP contribution in [0.3, 0.4) is 0 Å². The van der Waals surface area contributed by atoms with Gasteiger partial charge in [-0.05, 0) is 17.0 Å². The Kier molecular flexibility index (Phi) is 5.70. The molecule has 0 aromatic heterocycles. The smallest absolute Gasteiger partial charge is 0.870 e. The number of rotatable bonds is 1. The maximum absolute atomic E-state index is 11.7. The van der Waals surface area contributed by atoms with Crippen LogP contribution in [0.4, 0.5) is 0 Å². The summed E-state index contributed by atoms with van der Waals surface area (Å²) in [6.07, 6.45) is 0. The van der Waals surface area contributed by atoms with Gasteiger partial charge in [-0.2, -0.15) is 0 Å². The van der Waals surface area contributed by atoms with Crippen molar-refractivity contribution < 1.29 is 61.2 Å². The van der Waals surface area contributed by atoms with Crippen molar-refractivity contribution in [1.29, 1.82) is 0 Å². The first kappa shape index (κ1) is 14.5. The second kappa shape index (κ2) is 5.52. The van der Waals surface area contributed by atoms with Gasteiger partial charge in [-0.1, -0.05) is 38.7 Å². The minimum atomic E-state index is -0.119. The van der Waals surface area contributed by atoms with Crippen LogP contribution in [0.5, 0.6) is 11.5 Å². The van der Waals surface area contributed by atoms with Gasteiger partial charge in [-0.3, -0.25) is 0 Å². The summed E-state index contributed by atoms with van der Waals surface area (Å²) < 4.78 is 4.97. The average molecular weight is 218 g/mol. The van der Waals surface area contributed by atoms with E-state index in [0.29, 0.717) is 5.75 Å². The van der Waals surface area contributed by atoms with Crippen molar-refractivity contribution in [2.24, 2.45) is 0 Å². The van der Waals surface area contributed by atoms with Gasteiger partial charge in [0.15, 0.2) is 0 Å². The van der Waals surface area contributed by atoms with E-state index in [1.54, 1.807) is 6.07 Å². The van der Waals surface area contributed by atoms with Crippen molar-refractivity contribution in [2.45, 2.75) is 26.2 Å². The summed E-state index contributed by atoms with van der Waals surface area (Å²) in [7, 11) is 1.52. The quantitative estimate of drug-likeness (QED) is 0.571. The molecule has 1 aromatic carbocycles. The monoisotopic (exact) mass is 218 g/mol. The van der Waals surface area contributed by atoms with Gasteiger partial charge in [0.25, 0.3) is 0 Å². The molecule has 0 bridgehead atoms. The first-order chi connectivity index (χ1) is 5.96. The first-order valence-electron chi connectivity index (χ1n) is 4.31. The molecule has 0 saturated carbocycles. The van der Waals surface area contributed by atoms with Gasteiger partial charge in [0.05, 0.1) is 7.11 Å². The normalized spacial score (nSPS) is 10.6. The van der Waals surface area contributed by atoms with E-state index in [1.807, 2.05) is 32.9 Å². The van der Waals surface area contributed by atoms with Crippen LogP contribution in [0.2, 0.25) is 0 Å². The molecule has 1 rings (SSSR count). The van der Waals surface area contributed by atoms with E-state index in [4.69, 9.17) is 4.74 Å². The molecular formula is C11H15KO2. The Hall–Kier alpha value is 0.456. The summed E-state index contributed by atoms with van der Waals surface area (Å²) in [5.74, 6) is 0.421. The van der Waals surface area contributed by atoms with E-state index in [-0.39, 0.29) is 62.5 Å². The van der Waals surface area contributed by atoms with Gasteiger partial charge in [0.2, 0.25) is 0 Å². The molecule has 0 atom stereocenters. The molecule has 0 aliphatic heterocycles. The molecular weight excluding hydrogens is 203 g/mol. The molecule has 0 spiro atoms. The summed E-state index contributed by atoms with van der Waals surface area (Å²) in [5, 5.41) is 11.7. The second-order valence-electron chi connectivity index (χ2n) is 4.09. The van der Waals surface area contributed by atoms with Crippen molar-refractivity contribution in [3.05, 3.63) is 23.8 Å². The summed E-state index contributed by atoms with van der Waals surface area (Å²) in [6.45, 7) is 6.05. The summed E-state index contributed by atoms with van der Waals surface area (Å²) >= 11 is 0. The molecule has 0 amide bonds. The third kappa shape index (κ3) is 3.24. The molecule has 0 unspecified atom stereocenters. The van der Waals surface area contributed by atoms with Crippen LogP contribution in [0, 0.1) is 0 Å². The maximum atomic E-state index is 11.7. The zero-order chi connectivity index (χ0) is 10.1. The summed E-state index contributed by atoms with van der Waals surface area (Å²) in [6, 6.07) is 5.39. The van der Waals surface area contributed by atoms with Crippen LogP contribution in [0.25, 0.3) is 0 Å². The molecule has 0 radical (unpaired) electrons. The maximum Gasteiger partial charge on any atom is 1.00 e. The number of benzene rings is 1. The van der Waals surface area contributed by atoms with Crippen molar-refractivity contribution in [1.82, 2.24) is 0 Å². The van der Waals surface area contributed by atoms with Gasteiger partial charge in [-0.25, -0.2) is 0 Å². The van der Waals surface area contributed by atoms with Gasteiger partial charge in [0, 0.05) is 0 Å². The minimum Gasteiger partial charge on any atom is -0.870 e. The number of hydrogen-bond donors (Lipinski definition) is 0. The zero-order valence-corrected chi connectivity index (χ0v) is 12.7. The molecule has 0 saturated heterocycles. The van der Waals surface area contributed by atoms with Crippen molar-refractivity contribution in [3.63, 3.8) is 0 Å². The summed E-state index contributed by atoms with van der Waals surface area (Å²) in [5.41, 5.74) is 0.679. The predicted molar refractivity (Wildman–Crippen MR) is 51.1 cm³/mol. The fourth-order valence-electron chi connectivity index (χ4n) is 1.27. The molecule has 0 aliphatic rings. The number of ether oxygens (including phenoxy) is 1. The predicted octanol–water partition coefficient (Wildman–Crippen LogP) is -0.930. The third-order valence-electron chi connectivity index (χ3n) is 2.01.